The van der Waals surface area contributed by atoms with Crippen LogP contribution in [0.2, 0.25) is 0 Å². The lowest BCUT2D eigenvalue weighted by Gasteiger charge is -2.34. The zero-order chi connectivity index (χ0) is 25.9. The van der Waals surface area contributed by atoms with Crippen molar-refractivity contribution in [2.45, 2.75) is 57.7 Å². The van der Waals surface area contributed by atoms with Gasteiger partial charge in [0.15, 0.2) is 0 Å². The van der Waals surface area contributed by atoms with Gasteiger partial charge in [0.25, 0.3) is 0 Å². The third-order valence-electron chi connectivity index (χ3n) is 7.52. The van der Waals surface area contributed by atoms with Crippen molar-refractivity contribution in [1.82, 2.24) is 9.80 Å². The number of aliphatic hydroxyl groups is 1. The Bertz CT molecular complexity index is 1130. The molecular formula is C30H37F2N3O. The number of benzene rings is 2. The summed E-state index contributed by atoms with van der Waals surface area (Å²) in [6, 6.07) is 13.2. The number of nitrogens with zero attached hydrogens (tertiary/aromatic N) is 3. The SMILES string of the molecule is C=C(c1ccc(-c2ccc(CCC3CCN(CC(C)(C)F)CC3)c(C#N)c2)cc1F)N1CCC(O)C1. The van der Waals surface area contributed by atoms with Gasteiger partial charge in [-0.15, -0.1) is 0 Å². The van der Waals surface area contributed by atoms with Crippen LogP contribution in [0.1, 0.15) is 56.2 Å². The number of aliphatic hydroxyl groups excluding tert-OH is 1. The summed E-state index contributed by atoms with van der Waals surface area (Å²) in [5, 5.41) is 19.6. The van der Waals surface area contributed by atoms with E-state index in [1.54, 1.807) is 19.9 Å². The van der Waals surface area contributed by atoms with Crippen LogP contribution in [0.25, 0.3) is 16.8 Å². The molecule has 0 aromatic heterocycles. The third-order valence-corrected chi connectivity index (χ3v) is 7.52. The molecule has 0 spiro atoms. The molecule has 2 saturated heterocycles. The zero-order valence-electron chi connectivity index (χ0n) is 21.4. The van der Waals surface area contributed by atoms with E-state index in [4.69, 9.17) is 0 Å². The Morgan fingerprint density at radius 1 is 1.11 bits per heavy atom. The number of halogens is 2. The molecule has 0 bridgehead atoms. The van der Waals surface area contributed by atoms with Gasteiger partial charge in [0.1, 0.15) is 11.5 Å². The van der Waals surface area contributed by atoms with E-state index in [9.17, 15) is 14.8 Å². The van der Waals surface area contributed by atoms with Crippen molar-refractivity contribution in [3.05, 3.63) is 65.5 Å². The van der Waals surface area contributed by atoms with Crippen molar-refractivity contribution >= 4 is 5.70 Å². The van der Waals surface area contributed by atoms with Gasteiger partial charge in [-0.2, -0.15) is 5.26 Å². The predicted molar refractivity (Wildman–Crippen MR) is 140 cm³/mol. The summed E-state index contributed by atoms with van der Waals surface area (Å²) in [5.74, 6) is 0.227. The Kier molecular flexibility index (Phi) is 8.12. The standard InChI is InChI=1S/C30H37F2N3O/c1-21(35-15-12-27(36)19-35)28-9-8-25(17-29(28)31)24-7-6-23(26(16-24)18-33)5-4-22-10-13-34(14-11-22)20-30(2,3)32/h6-9,16-17,22,27,36H,1,4-5,10-15,19-20H2,2-3H3. The second-order valence-electron chi connectivity index (χ2n) is 11.0. The lowest BCUT2D eigenvalue weighted by molar-refractivity contribution is 0.0943. The largest absolute Gasteiger partial charge is 0.391 e. The summed E-state index contributed by atoms with van der Waals surface area (Å²) in [6.07, 6.45) is 4.23. The van der Waals surface area contributed by atoms with Gasteiger partial charge in [-0.1, -0.05) is 24.8 Å². The van der Waals surface area contributed by atoms with Crippen molar-refractivity contribution < 1.29 is 13.9 Å². The summed E-state index contributed by atoms with van der Waals surface area (Å²) in [6.45, 7) is 10.8. The Labute approximate surface area is 213 Å². The first kappa shape index (κ1) is 26.3. The van der Waals surface area contributed by atoms with E-state index in [0.717, 1.165) is 55.5 Å². The molecule has 2 heterocycles. The van der Waals surface area contributed by atoms with Crippen molar-refractivity contribution in [2.75, 3.05) is 32.7 Å². The van der Waals surface area contributed by atoms with Gasteiger partial charge in [0.05, 0.1) is 17.7 Å². The number of aryl methyl sites for hydroxylation is 1. The number of alkyl halides is 1. The van der Waals surface area contributed by atoms with Gasteiger partial charge in [-0.05, 0) is 99.8 Å². The van der Waals surface area contributed by atoms with Gasteiger partial charge in [-0.25, -0.2) is 8.78 Å². The number of nitriles is 1. The van der Waals surface area contributed by atoms with Gasteiger partial charge >= 0.3 is 0 Å². The van der Waals surface area contributed by atoms with Gasteiger partial charge in [0.2, 0.25) is 0 Å². The fraction of sp³-hybridized carbons (Fsp3) is 0.500. The first-order valence-electron chi connectivity index (χ1n) is 13.0. The third kappa shape index (κ3) is 6.52. The molecule has 1 unspecified atom stereocenters. The normalized spacial score (nSPS) is 19.4. The number of β-amino-alcohol motifs (C(OH)–C–C–N with tert-alkyl or cyclic N) is 1. The maximum atomic E-state index is 15.0. The minimum absolute atomic E-state index is 0.357. The highest BCUT2D eigenvalue weighted by atomic mass is 19.1. The molecule has 0 aliphatic carbocycles. The summed E-state index contributed by atoms with van der Waals surface area (Å²) in [4.78, 5) is 4.12. The molecule has 4 rings (SSSR count). The second-order valence-corrected chi connectivity index (χ2v) is 11.0. The minimum atomic E-state index is -1.16. The molecule has 0 radical (unpaired) electrons. The smallest absolute Gasteiger partial charge is 0.133 e. The number of rotatable bonds is 8. The highest BCUT2D eigenvalue weighted by molar-refractivity contribution is 5.71. The Balaban J connectivity index is 1.38. The molecule has 2 aromatic carbocycles. The van der Waals surface area contributed by atoms with Crippen molar-refractivity contribution in [1.29, 1.82) is 5.26 Å². The van der Waals surface area contributed by atoms with E-state index in [1.165, 1.54) is 6.07 Å². The van der Waals surface area contributed by atoms with Crippen LogP contribution < -0.4 is 0 Å². The molecule has 0 saturated carbocycles. The van der Waals surface area contributed by atoms with Crippen LogP contribution in [0, 0.1) is 23.1 Å². The predicted octanol–water partition coefficient (Wildman–Crippen LogP) is 5.79. The lowest BCUT2D eigenvalue weighted by atomic mass is 9.88. The molecule has 2 aliphatic heterocycles. The van der Waals surface area contributed by atoms with Gasteiger partial charge in [0, 0.05) is 30.9 Å². The van der Waals surface area contributed by atoms with E-state index in [0.29, 0.717) is 48.8 Å². The fourth-order valence-corrected chi connectivity index (χ4v) is 5.49. The molecule has 2 fully saturated rings. The minimum Gasteiger partial charge on any atom is -0.391 e. The molecule has 6 heteroatoms. The highest BCUT2D eigenvalue weighted by Crippen LogP contribution is 2.30. The quantitative estimate of drug-likeness (QED) is 0.505. The molecule has 192 valence electrons. The van der Waals surface area contributed by atoms with Crippen molar-refractivity contribution in [3.63, 3.8) is 0 Å². The average molecular weight is 494 g/mol. The Morgan fingerprint density at radius 2 is 1.81 bits per heavy atom. The zero-order valence-corrected chi connectivity index (χ0v) is 21.4. The maximum absolute atomic E-state index is 15.0. The first-order chi connectivity index (χ1) is 17.1. The Morgan fingerprint density at radius 3 is 2.42 bits per heavy atom. The topological polar surface area (TPSA) is 50.5 Å². The number of hydrogen-bond acceptors (Lipinski definition) is 4. The lowest BCUT2D eigenvalue weighted by Crippen LogP contribution is -2.41. The monoisotopic (exact) mass is 493 g/mol. The maximum Gasteiger partial charge on any atom is 0.133 e. The van der Waals surface area contributed by atoms with Crippen LogP contribution in [-0.4, -0.2) is 59.4 Å². The summed E-state index contributed by atoms with van der Waals surface area (Å²) >= 11 is 0. The molecule has 2 aromatic rings. The van der Waals surface area contributed by atoms with E-state index >= 15 is 4.39 Å². The molecule has 1 N–H and O–H groups in total. The molecule has 1 atom stereocenters. The summed E-state index contributed by atoms with van der Waals surface area (Å²) in [5.41, 5.74) is 3.04. The summed E-state index contributed by atoms with van der Waals surface area (Å²) < 4.78 is 28.9. The molecular weight excluding hydrogens is 456 g/mol. The van der Waals surface area contributed by atoms with Crippen LogP contribution in [-0.2, 0) is 6.42 Å². The van der Waals surface area contributed by atoms with Crippen LogP contribution in [0.4, 0.5) is 8.78 Å². The molecule has 2 aliphatic rings. The van der Waals surface area contributed by atoms with Crippen LogP contribution in [0.5, 0.6) is 0 Å². The molecule has 4 nitrogen and oxygen atoms in total. The van der Waals surface area contributed by atoms with Crippen LogP contribution in [0.3, 0.4) is 0 Å². The average Bonchev–Trinajstić information content (AvgIpc) is 3.28. The number of likely N-dealkylation sites (tertiary alicyclic amines) is 2. The van der Waals surface area contributed by atoms with E-state index < -0.39 is 11.8 Å². The number of piperidine rings is 1. The highest BCUT2D eigenvalue weighted by Gasteiger charge is 2.26. The van der Waals surface area contributed by atoms with Gasteiger partial charge in [-0.3, -0.25) is 0 Å². The second kappa shape index (κ2) is 11.1. The Hall–Kier alpha value is -2.75. The van der Waals surface area contributed by atoms with Crippen LogP contribution >= 0.6 is 0 Å². The van der Waals surface area contributed by atoms with Crippen LogP contribution in [0.15, 0.2) is 43.0 Å². The van der Waals surface area contributed by atoms with Crippen molar-refractivity contribution in [2.24, 2.45) is 5.92 Å². The van der Waals surface area contributed by atoms with E-state index in [-0.39, 0.29) is 5.82 Å². The van der Waals surface area contributed by atoms with Crippen molar-refractivity contribution in [3.8, 4) is 17.2 Å². The molecule has 36 heavy (non-hydrogen) atoms. The van der Waals surface area contributed by atoms with Gasteiger partial charge < -0.3 is 14.9 Å². The van der Waals surface area contributed by atoms with E-state index in [1.807, 2.05) is 29.2 Å². The fourth-order valence-electron chi connectivity index (χ4n) is 5.49. The first-order valence-corrected chi connectivity index (χ1v) is 13.0. The summed E-state index contributed by atoms with van der Waals surface area (Å²) in [7, 11) is 0. The van der Waals surface area contributed by atoms with E-state index in [2.05, 4.69) is 17.5 Å². The number of hydrogen-bond donors (Lipinski definition) is 1. The molecule has 0 amide bonds.